The van der Waals surface area contributed by atoms with Gasteiger partial charge in [0, 0.05) is 11.8 Å². The Kier molecular flexibility index (Phi) is 7.26. The third kappa shape index (κ3) is 5.30. The highest BCUT2D eigenvalue weighted by atomic mass is 32.2. The fourth-order valence-corrected chi connectivity index (χ4v) is 5.03. The van der Waals surface area contributed by atoms with Crippen molar-refractivity contribution >= 4 is 23.8 Å². The van der Waals surface area contributed by atoms with Crippen molar-refractivity contribution < 1.29 is 14.3 Å². The van der Waals surface area contributed by atoms with Gasteiger partial charge >= 0.3 is 12.0 Å². The van der Waals surface area contributed by atoms with Crippen LogP contribution in [0.2, 0.25) is 0 Å². The molecule has 0 radical (unpaired) electrons. The van der Waals surface area contributed by atoms with E-state index in [1.165, 1.54) is 19.3 Å². The summed E-state index contributed by atoms with van der Waals surface area (Å²) >= 11 is 1.70. The first-order valence-electron chi connectivity index (χ1n) is 9.29. The van der Waals surface area contributed by atoms with Gasteiger partial charge in [0.2, 0.25) is 0 Å². The highest BCUT2D eigenvalue weighted by Gasteiger charge is 2.43. The van der Waals surface area contributed by atoms with E-state index in [1.807, 2.05) is 13.8 Å². The van der Waals surface area contributed by atoms with Crippen molar-refractivity contribution in [2.45, 2.75) is 89.8 Å². The van der Waals surface area contributed by atoms with Crippen LogP contribution in [-0.4, -0.2) is 46.2 Å². The number of carbonyl (C=O) groups excluding carboxylic acids is 2. The molecule has 0 aromatic rings. The fraction of sp³-hybridized carbons (Fsp3) is 0.889. The average Bonchev–Trinajstić information content (AvgIpc) is 2.90. The SMILES string of the molecule is CC(C)CC1SCC(C(=O)OC(C)C)N1C(=O)NC1CCCCC1. The second-order valence-electron chi connectivity index (χ2n) is 7.61. The molecule has 1 heterocycles. The first kappa shape index (κ1) is 19.4. The van der Waals surface area contributed by atoms with Crippen LogP contribution in [0, 0.1) is 5.92 Å². The molecule has 2 amide bonds. The third-order valence-electron chi connectivity index (χ3n) is 4.56. The minimum atomic E-state index is -0.468. The normalized spacial score (nSPS) is 25.3. The number of rotatable bonds is 5. The number of urea groups is 1. The van der Waals surface area contributed by atoms with Crippen LogP contribution in [0.25, 0.3) is 0 Å². The Hall–Kier alpha value is -0.910. The van der Waals surface area contributed by atoms with E-state index in [2.05, 4.69) is 19.2 Å². The molecular weight excluding hydrogens is 324 g/mol. The van der Waals surface area contributed by atoms with Crippen LogP contribution in [0.15, 0.2) is 0 Å². The molecule has 6 heteroatoms. The summed E-state index contributed by atoms with van der Waals surface area (Å²) in [5.41, 5.74) is 0. The van der Waals surface area contributed by atoms with E-state index >= 15 is 0 Å². The molecule has 2 atom stereocenters. The Labute approximate surface area is 150 Å². The quantitative estimate of drug-likeness (QED) is 0.762. The van der Waals surface area contributed by atoms with E-state index in [4.69, 9.17) is 4.74 Å². The number of hydrogen-bond acceptors (Lipinski definition) is 4. The highest BCUT2D eigenvalue weighted by Crippen LogP contribution is 2.34. The molecular formula is C18H32N2O3S. The van der Waals surface area contributed by atoms with Gasteiger partial charge < -0.3 is 10.1 Å². The largest absolute Gasteiger partial charge is 0.461 e. The lowest BCUT2D eigenvalue weighted by molar-refractivity contribution is -0.151. The molecule has 1 aliphatic carbocycles. The Balaban J connectivity index is 2.06. The third-order valence-corrected chi connectivity index (χ3v) is 5.87. The molecule has 2 unspecified atom stereocenters. The monoisotopic (exact) mass is 356 g/mol. The van der Waals surface area contributed by atoms with Crippen LogP contribution < -0.4 is 5.32 Å². The molecule has 0 aromatic heterocycles. The van der Waals surface area contributed by atoms with Gasteiger partial charge in [0.05, 0.1) is 11.5 Å². The van der Waals surface area contributed by atoms with Gasteiger partial charge in [0.1, 0.15) is 6.04 Å². The highest BCUT2D eigenvalue weighted by molar-refractivity contribution is 8.00. The predicted octanol–water partition coefficient (Wildman–Crippen LogP) is 3.77. The standard InChI is InChI=1S/C18H32N2O3S/c1-12(2)10-16-20(15(11-24-16)17(21)23-13(3)4)18(22)19-14-8-6-5-7-9-14/h12-16H,5-11H2,1-4H3,(H,19,22). The smallest absolute Gasteiger partial charge is 0.330 e. The molecule has 0 bridgehead atoms. The summed E-state index contributed by atoms with van der Waals surface area (Å²) in [7, 11) is 0. The summed E-state index contributed by atoms with van der Waals surface area (Å²) in [4.78, 5) is 27.1. The first-order chi connectivity index (χ1) is 11.4. The van der Waals surface area contributed by atoms with E-state index in [0.29, 0.717) is 11.7 Å². The Morgan fingerprint density at radius 3 is 2.42 bits per heavy atom. The summed E-state index contributed by atoms with van der Waals surface area (Å²) in [5, 5.41) is 3.22. The van der Waals surface area contributed by atoms with E-state index in [0.717, 1.165) is 19.3 Å². The van der Waals surface area contributed by atoms with Gasteiger partial charge in [0.15, 0.2) is 0 Å². The minimum Gasteiger partial charge on any atom is -0.461 e. The van der Waals surface area contributed by atoms with Gasteiger partial charge in [-0.2, -0.15) is 0 Å². The Morgan fingerprint density at radius 2 is 1.83 bits per heavy atom. The van der Waals surface area contributed by atoms with Gasteiger partial charge in [-0.3, -0.25) is 4.90 Å². The van der Waals surface area contributed by atoms with Crippen molar-refractivity contribution in [2.75, 3.05) is 5.75 Å². The Bertz CT molecular complexity index is 436. The number of ether oxygens (including phenoxy) is 1. The van der Waals surface area contributed by atoms with E-state index in [-0.39, 0.29) is 29.5 Å². The lowest BCUT2D eigenvalue weighted by Crippen LogP contribution is -2.53. The summed E-state index contributed by atoms with van der Waals surface area (Å²) in [6, 6.07) is -0.314. The second-order valence-corrected chi connectivity index (χ2v) is 8.82. The lowest BCUT2D eigenvalue weighted by Gasteiger charge is -2.32. The average molecular weight is 357 g/mol. The molecule has 2 aliphatic rings. The number of esters is 1. The second kappa shape index (κ2) is 8.97. The summed E-state index contributed by atoms with van der Waals surface area (Å²) < 4.78 is 5.38. The van der Waals surface area contributed by atoms with Crippen molar-refractivity contribution in [1.29, 1.82) is 0 Å². The zero-order chi connectivity index (χ0) is 17.7. The number of thioether (sulfide) groups is 1. The summed E-state index contributed by atoms with van der Waals surface area (Å²) in [6.45, 7) is 7.99. The summed E-state index contributed by atoms with van der Waals surface area (Å²) in [6.07, 6.45) is 6.43. The molecule has 2 fully saturated rings. The van der Waals surface area contributed by atoms with Gasteiger partial charge in [-0.05, 0) is 39.0 Å². The molecule has 138 valence electrons. The zero-order valence-corrected chi connectivity index (χ0v) is 16.2. The maximum atomic E-state index is 12.9. The maximum Gasteiger partial charge on any atom is 0.330 e. The van der Waals surface area contributed by atoms with Crippen molar-refractivity contribution in [1.82, 2.24) is 10.2 Å². The van der Waals surface area contributed by atoms with Gasteiger partial charge in [-0.25, -0.2) is 9.59 Å². The van der Waals surface area contributed by atoms with Gasteiger partial charge in [-0.15, -0.1) is 11.8 Å². The molecule has 24 heavy (non-hydrogen) atoms. The van der Waals surface area contributed by atoms with Crippen LogP contribution in [0.4, 0.5) is 4.79 Å². The van der Waals surface area contributed by atoms with Crippen LogP contribution in [-0.2, 0) is 9.53 Å². The number of nitrogens with zero attached hydrogens (tertiary/aromatic N) is 1. The fourth-order valence-electron chi connectivity index (χ4n) is 3.41. The zero-order valence-electron chi connectivity index (χ0n) is 15.4. The van der Waals surface area contributed by atoms with Gasteiger partial charge in [-0.1, -0.05) is 33.1 Å². The molecule has 1 saturated heterocycles. The van der Waals surface area contributed by atoms with E-state index in [9.17, 15) is 9.59 Å². The van der Waals surface area contributed by atoms with Crippen molar-refractivity contribution in [2.24, 2.45) is 5.92 Å². The van der Waals surface area contributed by atoms with E-state index < -0.39 is 6.04 Å². The van der Waals surface area contributed by atoms with Crippen LogP contribution in [0.3, 0.4) is 0 Å². The lowest BCUT2D eigenvalue weighted by atomic mass is 9.96. The van der Waals surface area contributed by atoms with Gasteiger partial charge in [0.25, 0.3) is 0 Å². The molecule has 1 aliphatic heterocycles. The van der Waals surface area contributed by atoms with Crippen LogP contribution in [0.5, 0.6) is 0 Å². The molecule has 0 spiro atoms. The molecule has 1 saturated carbocycles. The predicted molar refractivity (Wildman–Crippen MR) is 98.0 cm³/mol. The number of nitrogens with one attached hydrogen (secondary N) is 1. The minimum absolute atomic E-state index is 0.0540. The first-order valence-corrected chi connectivity index (χ1v) is 10.3. The van der Waals surface area contributed by atoms with Crippen molar-refractivity contribution in [3.05, 3.63) is 0 Å². The molecule has 5 nitrogen and oxygen atoms in total. The maximum absolute atomic E-state index is 12.9. The van der Waals surface area contributed by atoms with Crippen molar-refractivity contribution in [3.8, 4) is 0 Å². The molecule has 0 aromatic carbocycles. The number of amides is 2. The molecule has 1 N–H and O–H groups in total. The van der Waals surface area contributed by atoms with E-state index in [1.54, 1.807) is 16.7 Å². The Morgan fingerprint density at radius 1 is 1.17 bits per heavy atom. The summed E-state index contributed by atoms with van der Waals surface area (Å²) in [5.74, 6) is 0.830. The topological polar surface area (TPSA) is 58.6 Å². The molecule has 2 rings (SSSR count). The van der Waals surface area contributed by atoms with Crippen LogP contribution in [0.1, 0.15) is 66.2 Å². The van der Waals surface area contributed by atoms with Crippen molar-refractivity contribution in [3.63, 3.8) is 0 Å². The number of carbonyl (C=O) groups is 2. The number of hydrogen-bond donors (Lipinski definition) is 1. The van der Waals surface area contributed by atoms with Crippen LogP contribution >= 0.6 is 11.8 Å².